The maximum atomic E-state index is 6.27. The second kappa shape index (κ2) is 5.72. The first-order chi connectivity index (χ1) is 9.69. The number of thioether (sulfide) groups is 1. The van der Waals surface area contributed by atoms with Crippen molar-refractivity contribution in [2.75, 3.05) is 6.26 Å². The number of nitrogens with zero attached hydrogens (tertiary/aromatic N) is 2. The average molecular weight is 366 g/mol. The molecule has 3 aromatic rings. The Balaban J connectivity index is 2.18. The second-order valence-corrected chi connectivity index (χ2v) is 6.29. The minimum absolute atomic E-state index is 0.472. The van der Waals surface area contributed by atoms with E-state index < -0.39 is 0 Å². The van der Waals surface area contributed by atoms with Crippen LogP contribution in [0.4, 0.5) is 0 Å². The molecule has 0 saturated heterocycles. The van der Waals surface area contributed by atoms with Gasteiger partial charge in [-0.15, -0.1) is 11.8 Å². The first-order valence-corrected chi connectivity index (χ1v) is 8.35. The van der Waals surface area contributed by atoms with Crippen molar-refractivity contribution in [3.8, 4) is 11.4 Å². The van der Waals surface area contributed by atoms with E-state index in [0.717, 1.165) is 20.9 Å². The van der Waals surface area contributed by atoms with Gasteiger partial charge in [-0.1, -0.05) is 29.8 Å². The van der Waals surface area contributed by atoms with Gasteiger partial charge in [-0.05, 0) is 46.5 Å². The summed E-state index contributed by atoms with van der Waals surface area (Å²) in [6, 6.07) is 13.9. The third-order valence-corrected chi connectivity index (χ3v) is 4.65. The summed E-state index contributed by atoms with van der Waals surface area (Å²) in [5, 5.41) is 1.32. The lowest BCUT2D eigenvalue weighted by Gasteiger charge is -2.06. The summed E-state index contributed by atoms with van der Waals surface area (Å²) in [7, 11) is 0. The van der Waals surface area contributed by atoms with Gasteiger partial charge in [0, 0.05) is 20.3 Å². The largest absolute Gasteiger partial charge is 0.227 e. The molecule has 1 heterocycles. The van der Waals surface area contributed by atoms with Crippen LogP contribution in [-0.4, -0.2) is 16.2 Å². The van der Waals surface area contributed by atoms with Gasteiger partial charge in [0.15, 0.2) is 5.82 Å². The molecule has 2 nitrogen and oxygen atoms in total. The fraction of sp³-hybridized carbons (Fsp3) is 0.0667. The zero-order valence-corrected chi connectivity index (χ0v) is 13.8. The van der Waals surface area contributed by atoms with E-state index in [2.05, 4.69) is 44.3 Å². The lowest BCUT2D eigenvalue weighted by Crippen LogP contribution is -1.92. The maximum Gasteiger partial charge on any atom is 0.161 e. The first kappa shape index (κ1) is 13.9. The van der Waals surface area contributed by atoms with E-state index >= 15 is 0 Å². The van der Waals surface area contributed by atoms with E-state index in [-0.39, 0.29) is 0 Å². The molecule has 0 unspecified atom stereocenters. The fourth-order valence-electron chi connectivity index (χ4n) is 1.95. The van der Waals surface area contributed by atoms with Gasteiger partial charge in [0.1, 0.15) is 5.15 Å². The molecular formula is C15H10BrClN2S. The molecule has 0 aliphatic rings. The molecule has 1 aromatic heterocycles. The Labute approximate surface area is 134 Å². The fourth-order valence-corrected chi connectivity index (χ4v) is 3.04. The highest BCUT2D eigenvalue weighted by Crippen LogP contribution is 2.29. The van der Waals surface area contributed by atoms with Crippen LogP contribution in [0.25, 0.3) is 22.3 Å². The lowest BCUT2D eigenvalue weighted by molar-refractivity contribution is 1.22. The molecule has 3 rings (SSSR count). The number of hydrogen-bond donors (Lipinski definition) is 0. The van der Waals surface area contributed by atoms with Gasteiger partial charge in [0.2, 0.25) is 0 Å². The van der Waals surface area contributed by atoms with Crippen LogP contribution < -0.4 is 0 Å². The molecule has 0 N–H and O–H groups in total. The monoisotopic (exact) mass is 364 g/mol. The Hall–Kier alpha value is -1.10. The third kappa shape index (κ3) is 2.55. The third-order valence-electron chi connectivity index (χ3n) is 2.98. The van der Waals surface area contributed by atoms with E-state index in [0.29, 0.717) is 11.0 Å². The van der Waals surface area contributed by atoms with Crippen LogP contribution in [0.1, 0.15) is 0 Å². The summed E-state index contributed by atoms with van der Waals surface area (Å²) in [6.45, 7) is 0. The van der Waals surface area contributed by atoms with Crippen LogP contribution >= 0.6 is 39.3 Å². The second-order valence-electron chi connectivity index (χ2n) is 4.20. The highest BCUT2D eigenvalue weighted by molar-refractivity contribution is 9.10. The highest BCUT2D eigenvalue weighted by atomic mass is 79.9. The van der Waals surface area contributed by atoms with E-state index in [1.54, 1.807) is 11.8 Å². The molecule has 0 amide bonds. The number of benzene rings is 2. The zero-order chi connectivity index (χ0) is 14.1. The van der Waals surface area contributed by atoms with Crippen molar-refractivity contribution in [1.29, 1.82) is 0 Å². The van der Waals surface area contributed by atoms with Crippen LogP contribution in [-0.2, 0) is 0 Å². The van der Waals surface area contributed by atoms with E-state index in [9.17, 15) is 0 Å². The van der Waals surface area contributed by atoms with E-state index in [1.807, 2.05) is 30.3 Å². The summed E-state index contributed by atoms with van der Waals surface area (Å²) >= 11 is 11.5. The van der Waals surface area contributed by atoms with Gasteiger partial charge in [-0.25, -0.2) is 9.97 Å². The van der Waals surface area contributed by atoms with Crippen molar-refractivity contribution in [3.63, 3.8) is 0 Å². The van der Waals surface area contributed by atoms with Gasteiger partial charge in [0.25, 0.3) is 0 Å². The predicted octanol–water partition coefficient (Wildman–Crippen LogP) is 5.43. The summed E-state index contributed by atoms with van der Waals surface area (Å²) in [5.41, 5.74) is 1.79. The lowest BCUT2D eigenvalue weighted by atomic mass is 10.2. The number of rotatable bonds is 2. The standard InChI is InChI=1S/C15H10BrClN2S/c1-20-10-7-5-9(6-8-10)15-18-13-11(14(17)19-15)3-2-4-12(13)16/h2-8H,1H3. The molecule has 0 bridgehead atoms. The summed E-state index contributed by atoms with van der Waals surface area (Å²) in [5.74, 6) is 0.641. The van der Waals surface area contributed by atoms with Gasteiger partial charge in [-0.2, -0.15) is 0 Å². The molecule has 0 fully saturated rings. The van der Waals surface area contributed by atoms with Crippen molar-refractivity contribution in [2.45, 2.75) is 4.90 Å². The van der Waals surface area contributed by atoms with Crippen molar-refractivity contribution in [3.05, 3.63) is 52.1 Å². The Morgan fingerprint density at radius 3 is 2.50 bits per heavy atom. The molecule has 0 aliphatic heterocycles. The minimum Gasteiger partial charge on any atom is -0.227 e. The smallest absolute Gasteiger partial charge is 0.161 e. The van der Waals surface area contributed by atoms with Crippen LogP contribution in [0.3, 0.4) is 0 Å². The highest BCUT2D eigenvalue weighted by Gasteiger charge is 2.09. The minimum atomic E-state index is 0.472. The molecule has 100 valence electrons. The van der Waals surface area contributed by atoms with Crippen molar-refractivity contribution < 1.29 is 0 Å². The Morgan fingerprint density at radius 2 is 1.80 bits per heavy atom. The van der Waals surface area contributed by atoms with Crippen molar-refractivity contribution >= 4 is 50.2 Å². The molecule has 5 heteroatoms. The summed E-state index contributed by atoms with van der Waals surface area (Å²) in [6.07, 6.45) is 2.05. The number of aromatic nitrogens is 2. The molecule has 2 aromatic carbocycles. The van der Waals surface area contributed by atoms with Crippen LogP contribution in [0, 0.1) is 0 Å². The maximum absolute atomic E-state index is 6.27. The zero-order valence-electron chi connectivity index (χ0n) is 10.6. The molecule has 20 heavy (non-hydrogen) atoms. The van der Waals surface area contributed by atoms with Gasteiger partial charge < -0.3 is 0 Å². The number of hydrogen-bond acceptors (Lipinski definition) is 3. The molecule has 0 radical (unpaired) electrons. The number of fused-ring (bicyclic) bond motifs is 1. The Morgan fingerprint density at radius 1 is 1.05 bits per heavy atom. The average Bonchev–Trinajstić information content (AvgIpc) is 2.48. The van der Waals surface area contributed by atoms with Crippen molar-refractivity contribution in [1.82, 2.24) is 9.97 Å². The first-order valence-electron chi connectivity index (χ1n) is 5.95. The van der Waals surface area contributed by atoms with E-state index in [4.69, 9.17) is 11.6 Å². The normalized spacial score (nSPS) is 10.9. The summed E-state index contributed by atoms with van der Waals surface area (Å²) < 4.78 is 0.918. The SMILES string of the molecule is CSc1ccc(-c2nc(Cl)c3cccc(Br)c3n2)cc1. The molecule has 0 atom stereocenters. The predicted molar refractivity (Wildman–Crippen MR) is 89.5 cm³/mol. The van der Waals surface area contributed by atoms with Crippen LogP contribution in [0.15, 0.2) is 51.8 Å². The van der Waals surface area contributed by atoms with Crippen LogP contribution in [0.2, 0.25) is 5.15 Å². The van der Waals surface area contributed by atoms with Gasteiger partial charge in [-0.3, -0.25) is 0 Å². The molecule has 0 saturated carbocycles. The quantitative estimate of drug-likeness (QED) is 0.447. The molecule has 0 spiro atoms. The van der Waals surface area contributed by atoms with Gasteiger partial charge in [0.05, 0.1) is 5.52 Å². The van der Waals surface area contributed by atoms with E-state index in [1.165, 1.54) is 4.90 Å². The summed E-state index contributed by atoms with van der Waals surface area (Å²) in [4.78, 5) is 10.2. The number of halogens is 2. The number of para-hydroxylation sites is 1. The topological polar surface area (TPSA) is 25.8 Å². The molecule has 0 aliphatic carbocycles. The van der Waals surface area contributed by atoms with Gasteiger partial charge >= 0.3 is 0 Å². The molecular weight excluding hydrogens is 356 g/mol. The van der Waals surface area contributed by atoms with Crippen molar-refractivity contribution in [2.24, 2.45) is 0 Å². The van der Waals surface area contributed by atoms with Crippen LogP contribution in [0.5, 0.6) is 0 Å². The Kier molecular flexibility index (Phi) is 3.96. The Bertz CT molecular complexity index is 775.